The molecule has 2 N–H and O–H groups in total. The molecule has 0 aromatic heterocycles. The van der Waals surface area contributed by atoms with Gasteiger partial charge in [-0.15, -0.1) is 0 Å². The molecule has 2 aromatic rings. The van der Waals surface area contributed by atoms with E-state index in [1.807, 2.05) is 6.07 Å². The van der Waals surface area contributed by atoms with Crippen molar-refractivity contribution >= 4 is 11.9 Å². The molecule has 0 heterocycles. The number of carbonyl (C=O) groups excluding carboxylic acids is 2. The molecule has 0 aliphatic rings. The Morgan fingerprint density at radius 1 is 0.944 bits per heavy atom. The molecular formula is C14H10NO3-. The number of rotatable bonds is 3. The quantitative estimate of drug-likeness (QED) is 0.861. The van der Waals surface area contributed by atoms with Crippen LogP contribution in [-0.4, -0.2) is 11.9 Å². The van der Waals surface area contributed by atoms with Crippen LogP contribution in [0.5, 0.6) is 0 Å². The van der Waals surface area contributed by atoms with Crippen molar-refractivity contribution < 1.29 is 14.7 Å². The third-order valence-electron chi connectivity index (χ3n) is 2.62. The van der Waals surface area contributed by atoms with Crippen molar-refractivity contribution in [3.05, 3.63) is 59.7 Å². The van der Waals surface area contributed by atoms with Gasteiger partial charge in [0, 0.05) is 5.56 Å². The number of carbonyl (C=O) groups is 2. The third kappa shape index (κ3) is 2.08. The maximum absolute atomic E-state index is 11.5. The summed E-state index contributed by atoms with van der Waals surface area (Å²) in [5, 5.41) is 11.0. The second-order valence-electron chi connectivity index (χ2n) is 3.75. The Labute approximate surface area is 104 Å². The van der Waals surface area contributed by atoms with Crippen LogP contribution in [0, 0.1) is 0 Å². The maximum Gasteiger partial charge on any atom is 0.250 e. The van der Waals surface area contributed by atoms with Crippen molar-refractivity contribution in [2.45, 2.75) is 0 Å². The SMILES string of the molecule is NC(=O)c1c(C(=O)[O-])cccc1-c1ccccc1. The Balaban J connectivity index is 2.72. The topological polar surface area (TPSA) is 83.2 Å². The van der Waals surface area contributed by atoms with Gasteiger partial charge in [-0.2, -0.15) is 0 Å². The second kappa shape index (κ2) is 4.71. The largest absolute Gasteiger partial charge is 0.545 e. The van der Waals surface area contributed by atoms with E-state index in [0.29, 0.717) is 5.56 Å². The van der Waals surface area contributed by atoms with Crippen molar-refractivity contribution in [3.63, 3.8) is 0 Å². The zero-order chi connectivity index (χ0) is 13.1. The predicted molar refractivity (Wildman–Crippen MR) is 64.7 cm³/mol. The lowest BCUT2D eigenvalue weighted by Crippen LogP contribution is -2.27. The standard InChI is InChI=1S/C14H11NO3/c15-13(16)12-10(9-5-2-1-3-6-9)7-4-8-11(12)14(17)18/h1-8H,(H2,15,16)(H,17,18)/p-1. The van der Waals surface area contributed by atoms with Crippen LogP contribution in [-0.2, 0) is 0 Å². The van der Waals surface area contributed by atoms with Crippen LogP contribution in [0.4, 0.5) is 0 Å². The number of primary amides is 1. The normalized spacial score (nSPS) is 10.0. The highest BCUT2D eigenvalue weighted by Crippen LogP contribution is 2.25. The Morgan fingerprint density at radius 3 is 2.17 bits per heavy atom. The van der Waals surface area contributed by atoms with Crippen LogP contribution in [0.2, 0.25) is 0 Å². The predicted octanol–water partition coefficient (Wildman–Crippen LogP) is 0.816. The van der Waals surface area contributed by atoms with Crippen molar-refractivity contribution in [2.24, 2.45) is 5.73 Å². The van der Waals surface area contributed by atoms with E-state index in [2.05, 4.69) is 0 Å². The van der Waals surface area contributed by atoms with Gasteiger partial charge in [-0.25, -0.2) is 0 Å². The molecule has 2 aromatic carbocycles. The monoisotopic (exact) mass is 240 g/mol. The summed E-state index contributed by atoms with van der Waals surface area (Å²) >= 11 is 0. The highest BCUT2D eigenvalue weighted by atomic mass is 16.4. The lowest BCUT2D eigenvalue weighted by molar-refractivity contribution is -0.255. The molecule has 0 aliphatic carbocycles. The number of aromatic carboxylic acids is 1. The average Bonchev–Trinajstić information content (AvgIpc) is 2.38. The van der Waals surface area contributed by atoms with Gasteiger partial charge in [0.2, 0.25) is 5.91 Å². The Morgan fingerprint density at radius 2 is 1.61 bits per heavy atom. The van der Waals surface area contributed by atoms with E-state index in [4.69, 9.17) is 5.73 Å². The maximum atomic E-state index is 11.5. The number of benzene rings is 2. The molecule has 0 unspecified atom stereocenters. The summed E-state index contributed by atoms with van der Waals surface area (Å²) in [7, 11) is 0. The van der Waals surface area contributed by atoms with Crippen molar-refractivity contribution in [1.82, 2.24) is 0 Å². The van der Waals surface area contributed by atoms with E-state index in [1.165, 1.54) is 6.07 Å². The molecule has 18 heavy (non-hydrogen) atoms. The van der Waals surface area contributed by atoms with Gasteiger partial charge in [-0.3, -0.25) is 4.79 Å². The van der Waals surface area contributed by atoms with Crippen molar-refractivity contribution in [1.29, 1.82) is 0 Å². The number of hydrogen-bond donors (Lipinski definition) is 1. The smallest absolute Gasteiger partial charge is 0.250 e. The van der Waals surface area contributed by atoms with Crippen LogP contribution in [0.1, 0.15) is 20.7 Å². The van der Waals surface area contributed by atoms with E-state index in [-0.39, 0.29) is 11.1 Å². The Kier molecular flexibility index (Phi) is 3.10. The minimum Gasteiger partial charge on any atom is -0.545 e. The van der Waals surface area contributed by atoms with Gasteiger partial charge in [0.1, 0.15) is 0 Å². The van der Waals surface area contributed by atoms with Gasteiger partial charge in [0.05, 0.1) is 11.5 Å². The lowest BCUT2D eigenvalue weighted by atomic mass is 9.95. The number of carboxylic acids is 1. The molecule has 4 heteroatoms. The van der Waals surface area contributed by atoms with Crippen LogP contribution < -0.4 is 10.8 Å². The summed E-state index contributed by atoms with van der Waals surface area (Å²) in [4.78, 5) is 22.4. The number of amides is 1. The first-order valence-corrected chi connectivity index (χ1v) is 5.31. The van der Waals surface area contributed by atoms with Crippen LogP contribution in [0.15, 0.2) is 48.5 Å². The second-order valence-corrected chi connectivity index (χ2v) is 3.75. The lowest BCUT2D eigenvalue weighted by Gasteiger charge is -2.12. The summed E-state index contributed by atoms with van der Waals surface area (Å²) in [6.45, 7) is 0. The van der Waals surface area contributed by atoms with Crippen LogP contribution in [0.25, 0.3) is 11.1 Å². The number of carboxylic acid groups (broad SMARTS) is 1. The summed E-state index contributed by atoms with van der Waals surface area (Å²) in [6, 6.07) is 13.5. The molecule has 0 radical (unpaired) electrons. The van der Waals surface area contributed by atoms with E-state index in [1.54, 1.807) is 36.4 Å². The highest BCUT2D eigenvalue weighted by Gasteiger charge is 2.15. The van der Waals surface area contributed by atoms with Gasteiger partial charge < -0.3 is 15.6 Å². The van der Waals surface area contributed by atoms with Gasteiger partial charge in [0.15, 0.2) is 0 Å². The van der Waals surface area contributed by atoms with Gasteiger partial charge in [-0.1, -0.05) is 48.5 Å². The van der Waals surface area contributed by atoms with Gasteiger partial charge >= 0.3 is 0 Å². The Hall–Kier alpha value is -2.62. The average molecular weight is 240 g/mol. The fourth-order valence-corrected chi connectivity index (χ4v) is 1.85. The molecule has 0 bridgehead atoms. The molecule has 0 fully saturated rings. The molecule has 0 aliphatic heterocycles. The zero-order valence-corrected chi connectivity index (χ0v) is 9.42. The van der Waals surface area contributed by atoms with Crippen molar-refractivity contribution in [3.8, 4) is 11.1 Å². The third-order valence-corrected chi connectivity index (χ3v) is 2.62. The molecule has 0 atom stereocenters. The van der Waals surface area contributed by atoms with E-state index < -0.39 is 11.9 Å². The fraction of sp³-hybridized carbons (Fsp3) is 0. The molecule has 4 nitrogen and oxygen atoms in total. The first-order valence-electron chi connectivity index (χ1n) is 5.31. The zero-order valence-electron chi connectivity index (χ0n) is 9.42. The van der Waals surface area contributed by atoms with E-state index >= 15 is 0 Å². The van der Waals surface area contributed by atoms with E-state index in [9.17, 15) is 14.7 Å². The molecule has 0 saturated carbocycles. The molecule has 0 saturated heterocycles. The van der Waals surface area contributed by atoms with Gasteiger partial charge in [0.25, 0.3) is 0 Å². The first kappa shape index (κ1) is 11.9. The molecular weight excluding hydrogens is 230 g/mol. The summed E-state index contributed by atoms with van der Waals surface area (Å²) in [5.41, 5.74) is 6.27. The number of nitrogens with two attached hydrogens (primary N) is 1. The van der Waals surface area contributed by atoms with E-state index in [0.717, 1.165) is 5.56 Å². The van der Waals surface area contributed by atoms with Gasteiger partial charge in [-0.05, 0) is 11.1 Å². The van der Waals surface area contributed by atoms with Crippen LogP contribution >= 0.6 is 0 Å². The molecule has 90 valence electrons. The highest BCUT2D eigenvalue weighted by molar-refractivity contribution is 6.08. The molecule has 2 rings (SSSR count). The summed E-state index contributed by atoms with van der Waals surface area (Å²) < 4.78 is 0. The van der Waals surface area contributed by atoms with Crippen molar-refractivity contribution in [2.75, 3.05) is 0 Å². The molecule has 1 amide bonds. The van der Waals surface area contributed by atoms with Crippen LogP contribution in [0.3, 0.4) is 0 Å². The first-order chi connectivity index (χ1) is 8.61. The minimum absolute atomic E-state index is 0.0244. The summed E-state index contributed by atoms with van der Waals surface area (Å²) in [6.07, 6.45) is 0. The minimum atomic E-state index is -1.42. The summed E-state index contributed by atoms with van der Waals surface area (Å²) in [5.74, 6) is -2.20. The number of hydrogen-bond acceptors (Lipinski definition) is 3. The molecule has 0 spiro atoms. The Bertz CT molecular complexity index is 606. The fourth-order valence-electron chi connectivity index (χ4n) is 1.85.